The monoisotopic (exact) mass is 284 g/mol. The number of aryl methyl sites for hydroxylation is 1. The summed E-state index contributed by atoms with van der Waals surface area (Å²) in [5.41, 5.74) is 1.23. The molecule has 0 saturated carbocycles. The summed E-state index contributed by atoms with van der Waals surface area (Å²) in [7, 11) is -2.22. The Kier molecular flexibility index (Phi) is 7.46. The number of hydrogen-bond donors (Lipinski definition) is 1. The van der Waals surface area contributed by atoms with Gasteiger partial charge in [-0.3, -0.25) is 4.79 Å². The second kappa shape index (κ2) is 8.89. The fourth-order valence-electron chi connectivity index (χ4n) is 1.94. The molecule has 0 aliphatic heterocycles. The van der Waals surface area contributed by atoms with Crippen LogP contribution in [0.15, 0.2) is 30.3 Å². The largest absolute Gasteiger partial charge is 0.481 e. The molecule has 0 aliphatic rings. The van der Waals surface area contributed by atoms with Crippen molar-refractivity contribution in [2.24, 2.45) is 0 Å². The van der Waals surface area contributed by atoms with Gasteiger partial charge in [0.05, 0.1) is 6.16 Å². The number of ether oxygens (including phenoxy) is 1. The standard InChI is InChI=1S/C14H21O4P/c1-2-18-14(19(17)11-13(15)16)10-6-9-12-7-4-3-5-8-12/h3-5,7-8,14,19H,2,6,9-11H2,1H3,(H,15,16). The normalized spacial score (nSPS) is 13.9. The molecule has 1 aromatic carbocycles. The first-order valence-electron chi connectivity index (χ1n) is 6.53. The molecule has 1 N–H and O–H groups in total. The molecule has 5 heteroatoms. The number of carboxylic acid groups (broad SMARTS) is 1. The van der Waals surface area contributed by atoms with Crippen LogP contribution in [0.25, 0.3) is 0 Å². The maximum absolute atomic E-state index is 11.9. The molecule has 0 heterocycles. The van der Waals surface area contributed by atoms with Crippen molar-refractivity contribution in [1.82, 2.24) is 0 Å². The molecule has 0 aliphatic carbocycles. The summed E-state index contributed by atoms with van der Waals surface area (Å²) in [6.07, 6.45) is 2.12. The summed E-state index contributed by atoms with van der Waals surface area (Å²) in [5, 5.41) is 8.67. The van der Waals surface area contributed by atoms with Crippen LogP contribution in [0.2, 0.25) is 0 Å². The van der Waals surface area contributed by atoms with Crippen molar-refractivity contribution >= 4 is 13.8 Å². The first-order chi connectivity index (χ1) is 9.13. The van der Waals surface area contributed by atoms with Gasteiger partial charge in [0.1, 0.15) is 13.6 Å². The quantitative estimate of drug-likeness (QED) is 0.708. The first kappa shape index (κ1) is 15.9. The van der Waals surface area contributed by atoms with Gasteiger partial charge in [-0.25, -0.2) is 0 Å². The molecule has 0 aromatic heterocycles. The van der Waals surface area contributed by atoms with Gasteiger partial charge in [0.2, 0.25) is 0 Å². The third-order valence-electron chi connectivity index (χ3n) is 2.83. The zero-order valence-corrected chi connectivity index (χ0v) is 12.2. The van der Waals surface area contributed by atoms with E-state index in [-0.39, 0.29) is 6.16 Å². The van der Waals surface area contributed by atoms with E-state index < -0.39 is 19.6 Å². The SMILES string of the molecule is CCOC(CCCc1ccccc1)[PH](=O)CC(=O)O. The molecule has 0 fully saturated rings. The highest BCUT2D eigenvalue weighted by Crippen LogP contribution is 2.32. The third-order valence-corrected chi connectivity index (χ3v) is 4.65. The first-order valence-corrected chi connectivity index (χ1v) is 8.22. The van der Waals surface area contributed by atoms with Crippen molar-refractivity contribution in [2.45, 2.75) is 32.0 Å². The lowest BCUT2D eigenvalue weighted by Gasteiger charge is -2.15. The Labute approximate surface area is 114 Å². The third kappa shape index (κ3) is 6.55. The molecule has 0 radical (unpaired) electrons. The molecule has 2 unspecified atom stereocenters. The lowest BCUT2D eigenvalue weighted by molar-refractivity contribution is -0.134. The average Bonchev–Trinajstić information content (AvgIpc) is 2.38. The Bertz CT molecular complexity index is 405. The van der Waals surface area contributed by atoms with Crippen LogP contribution >= 0.6 is 7.80 Å². The minimum Gasteiger partial charge on any atom is -0.481 e. The Hall–Kier alpha value is -1.12. The smallest absolute Gasteiger partial charge is 0.310 e. The van der Waals surface area contributed by atoms with Crippen LogP contribution in [-0.4, -0.2) is 29.7 Å². The summed E-state index contributed by atoms with van der Waals surface area (Å²) in [6, 6.07) is 10.1. The predicted octanol–water partition coefficient (Wildman–Crippen LogP) is 3.02. The van der Waals surface area contributed by atoms with E-state index in [4.69, 9.17) is 9.84 Å². The molecule has 0 bridgehead atoms. The molecule has 1 rings (SSSR count). The predicted molar refractivity (Wildman–Crippen MR) is 76.3 cm³/mol. The summed E-state index contributed by atoms with van der Waals surface area (Å²) in [6.45, 7) is 2.30. The fourth-order valence-corrected chi connectivity index (χ4v) is 3.34. The van der Waals surface area contributed by atoms with E-state index >= 15 is 0 Å². The number of hydrogen-bond acceptors (Lipinski definition) is 3. The summed E-state index contributed by atoms with van der Waals surface area (Å²) >= 11 is 0. The van der Waals surface area contributed by atoms with Gasteiger partial charge in [0, 0.05) is 6.61 Å². The van der Waals surface area contributed by atoms with E-state index in [1.54, 1.807) is 0 Å². The van der Waals surface area contributed by atoms with E-state index in [2.05, 4.69) is 12.1 Å². The van der Waals surface area contributed by atoms with Crippen molar-refractivity contribution < 1.29 is 19.2 Å². The number of carbonyl (C=O) groups is 1. The molecule has 19 heavy (non-hydrogen) atoms. The van der Waals surface area contributed by atoms with Crippen molar-refractivity contribution in [3.8, 4) is 0 Å². The topological polar surface area (TPSA) is 63.6 Å². The maximum Gasteiger partial charge on any atom is 0.310 e. The lowest BCUT2D eigenvalue weighted by Crippen LogP contribution is -2.12. The van der Waals surface area contributed by atoms with Gasteiger partial charge in [-0.2, -0.15) is 0 Å². The highest BCUT2D eigenvalue weighted by molar-refractivity contribution is 7.46. The van der Waals surface area contributed by atoms with E-state index in [9.17, 15) is 9.36 Å². The van der Waals surface area contributed by atoms with Crippen molar-refractivity contribution in [1.29, 1.82) is 0 Å². The Balaban J connectivity index is 2.41. The second-order valence-electron chi connectivity index (χ2n) is 4.36. The van der Waals surface area contributed by atoms with Crippen LogP contribution in [-0.2, 0) is 20.5 Å². The van der Waals surface area contributed by atoms with E-state index in [1.807, 2.05) is 25.1 Å². The molecule has 106 valence electrons. The van der Waals surface area contributed by atoms with Crippen molar-refractivity contribution in [3.63, 3.8) is 0 Å². The fraction of sp³-hybridized carbons (Fsp3) is 0.500. The number of aliphatic carboxylic acids is 1. The molecular weight excluding hydrogens is 263 g/mol. The summed E-state index contributed by atoms with van der Waals surface area (Å²) in [5.74, 6) is -1.42. The van der Waals surface area contributed by atoms with Gasteiger partial charge < -0.3 is 14.4 Å². The van der Waals surface area contributed by atoms with Crippen molar-refractivity contribution in [2.75, 3.05) is 12.8 Å². The van der Waals surface area contributed by atoms with Crippen LogP contribution in [0.4, 0.5) is 0 Å². The zero-order chi connectivity index (χ0) is 14.1. The summed E-state index contributed by atoms with van der Waals surface area (Å²) < 4.78 is 17.3. The van der Waals surface area contributed by atoms with E-state index in [0.717, 1.165) is 12.8 Å². The molecular formula is C14H21O4P. The van der Waals surface area contributed by atoms with Crippen LogP contribution in [0, 0.1) is 0 Å². The summed E-state index contributed by atoms with van der Waals surface area (Å²) in [4.78, 5) is 10.6. The Morgan fingerprint density at radius 1 is 1.37 bits per heavy atom. The van der Waals surface area contributed by atoms with Gasteiger partial charge in [-0.05, 0) is 31.7 Å². The van der Waals surface area contributed by atoms with Crippen LogP contribution < -0.4 is 0 Å². The van der Waals surface area contributed by atoms with E-state index in [0.29, 0.717) is 13.0 Å². The van der Waals surface area contributed by atoms with Gasteiger partial charge in [-0.15, -0.1) is 0 Å². The zero-order valence-electron chi connectivity index (χ0n) is 11.2. The van der Waals surface area contributed by atoms with Crippen LogP contribution in [0.5, 0.6) is 0 Å². The number of benzene rings is 1. The Morgan fingerprint density at radius 2 is 2.05 bits per heavy atom. The van der Waals surface area contributed by atoms with Crippen LogP contribution in [0.1, 0.15) is 25.3 Å². The van der Waals surface area contributed by atoms with Crippen LogP contribution in [0.3, 0.4) is 0 Å². The highest BCUT2D eigenvalue weighted by atomic mass is 31.1. The molecule has 0 amide bonds. The Morgan fingerprint density at radius 3 is 2.63 bits per heavy atom. The maximum atomic E-state index is 11.9. The van der Waals surface area contributed by atoms with Gasteiger partial charge >= 0.3 is 5.97 Å². The number of rotatable bonds is 9. The van der Waals surface area contributed by atoms with Gasteiger partial charge in [-0.1, -0.05) is 30.3 Å². The second-order valence-corrected chi connectivity index (χ2v) is 6.29. The minimum atomic E-state index is -2.22. The molecule has 2 atom stereocenters. The molecule has 1 aromatic rings. The highest BCUT2D eigenvalue weighted by Gasteiger charge is 2.18. The number of carboxylic acids is 1. The molecule has 4 nitrogen and oxygen atoms in total. The van der Waals surface area contributed by atoms with Crippen molar-refractivity contribution in [3.05, 3.63) is 35.9 Å². The van der Waals surface area contributed by atoms with Gasteiger partial charge in [0.15, 0.2) is 0 Å². The average molecular weight is 284 g/mol. The van der Waals surface area contributed by atoms with E-state index in [1.165, 1.54) is 5.56 Å². The van der Waals surface area contributed by atoms with Gasteiger partial charge in [0.25, 0.3) is 0 Å². The minimum absolute atomic E-state index is 0.277. The lowest BCUT2D eigenvalue weighted by atomic mass is 10.1. The molecule has 0 spiro atoms. The molecule has 0 saturated heterocycles.